The van der Waals surface area contributed by atoms with Gasteiger partial charge in [0.2, 0.25) is 0 Å². The highest BCUT2D eigenvalue weighted by molar-refractivity contribution is 5.89. The van der Waals surface area contributed by atoms with Gasteiger partial charge in [0.25, 0.3) is 0 Å². The lowest BCUT2D eigenvalue weighted by molar-refractivity contribution is 0.251. The highest BCUT2D eigenvalue weighted by Crippen LogP contribution is 2.18. The van der Waals surface area contributed by atoms with Gasteiger partial charge in [0.05, 0.1) is 6.20 Å². The zero-order valence-corrected chi connectivity index (χ0v) is 13.0. The van der Waals surface area contributed by atoms with Gasteiger partial charge in [-0.2, -0.15) is 5.10 Å². The Hall–Kier alpha value is -3.22. The molecule has 1 aromatic carbocycles. The van der Waals surface area contributed by atoms with E-state index in [0.717, 1.165) is 16.7 Å². The van der Waals surface area contributed by atoms with Gasteiger partial charge in [-0.3, -0.25) is 9.67 Å². The van der Waals surface area contributed by atoms with Crippen LogP contribution >= 0.6 is 0 Å². The number of hydrogen-bond donors (Lipinski definition) is 2. The SMILES string of the molecule is Cn1cc(-c2cncc(CNC(=O)Nc3ccc(F)cc3)c2)cn1. The van der Waals surface area contributed by atoms with Crippen molar-refractivity contribution in [2.45, 2.75) is 6.54 Å². The molecule has 2 amide bonds. The van der Waals surface area contributed by atoms with E-state index >= 15 is 0 Å². The maximum Gasteiger partial charge on any atom is 0.319 e. The Bertz CT molecular complexity index is 844. The van der Waals surface area contributed by atoms with Crippen LogP contribution in [0.25, 0.3) is 11.1 Å². The average molecular weight is 325 g/mol. The predicted octanol–water partition coefficient (Wildman–Crippen LogP) is 2.94. The first-order chi connectivity index (χ1) is 11.6. The highest BCUT2D eigenvalue weighted by atomic mass is 19.1. The summed E-state index contributed by atoms with van der Waals surface area (Å²) >= 11 is 0. The van der Waals surface area contributed by atoms with E-state index in [1.54, 1.807) is 23.3 Å². The van der Waals surface area contributed by atoms with Crippen LogP contribution in [0.15, 0.2) is 55.1 Å². The molecule has 0 fully saturated rings. The van der Waals surface area contributed by atoms with Crippen LogP contribution in [0.4, 0.5) is 14.9 Å². The van der Waals surface area contributed by atoms with E-state index in [4.69, 9.17) is 0 Å². The smallest absolute Gasteiger partial charge is 0.319 e. The van der Waals surface area contributed by atoms with Crippen LogP contribution in [0.1, 0.15) is 5.56 Å². The number of amides is 2. The summed E-state index contributed by atoms with van der Waals surface area (Å²) in [6, 6.07) is 7.16. The molecule has 122 valence electrons. The van der Waals surface area contributed by atoms with Gasteiger partial charge in [-0.15, -0.1) is 0 Å². The van der Waals surface area contributed by atoms with Crippen molar-refractivity contribution in [3.63, 3.8) is 0 Å². The van der Waals surface area contributed by atoms with Crippen molar-refractivity contribution in [1.82, 2.24) is 20.1 Å². The van der Waals surface area contributed by atoms with E-state index in [0.29, 0.717) is 12.2 Å². The maximum absolute atomic E-state index is 12.8. The summed E-state index contributed by atoms with van der Waals surface area (Å²) in [5, 5.41) is 9.51. The number of hydrogen-bond acceptors (Lipinski definition) is 3. The lowest BCUT2D eigenvalue weighted by atomic mass is 10.1. The van der Waals surface area contributed by atoms with Crippen LogP contribution in [-0.4, -0.2) is 20.8 Å². The van der Waals surface area contributed by atoms with Gasteiger partial charge in [0, 0.05) is 49.0 Å². The molecule has 0 atom stereocenters. The minimum atomic E-state index is -0.367. The van der Waals surface area contributed by atoms with E-state index in [9.17, 15) is 9.18 Å². The molecule has 2 heterocycles. The second-order valence-corrected chi connectivity index (χ2v) is 5.30. The van der Waals surface area contributed by atoms with Crippen LogP contribution in [-0.2, 0) is 13.6 Å². The minimum absolute atomic E-state index is 0.328. The molecular formula is C17H16FN5O. The minimum Gasteiger partial charge on any atom is -0.334 e. The third-order valence-corrected chi connectivity index (χ3v) is 3.39. The first-order valence-corrected chi connectivity index (χ1v) is 7.33. The molecule has 2 N–H and O–H groups in total. The Morgan fingerprint density at radius 2 is 1.96 bits per heavy atom. The third-order valence-electron chi connectivity index (χ3n) is 3.39. The van der Waals surface area contributed by atoms with Crippen molar-refractivity contribution < 1.29 is 9.18 Å². The summed E-state index contributed by atoms with van der Waals surface area (Å²) in [6.45, 7) is 0.328. The number of anilines is 1. The van der Waals surface area contributed by atoms with E-state index in [2.05, 4.69) is 20.7 Å². The van der Waals surface area contributed by atoms with Gasteiger partial charge >= 0.3 is 6.03 Å². The molecular weight excluding hydrogens is 309 g/mol. The van der Waals surface area contributed by atoms with Crippen LogP contribution in [0.3, 0.4) is 0 Å². The number of nitrogens with one attached hydrogen (secondary N) is 2. The summed E-state index contributed by atoms with van der Waals surface area (Å²) in [7, 11) is 1.85. The van der Waals surface area contributed by atoms with Gasteiger partial charge in [-0.05, 0) is 35.9 Å². The van der Waals surface area contributed by atoms with Crippen molar-refractivity contribution >= 4 is 11.7 Å². The standard InChI is InChI=1S/C17H16FN5O/c1-23-11-14(10-21-23)13-6-12(7-19-9-13)8-20-17(24)22-16-4-2-15(18)3-5-16/h2-7,9-11H,8H2,1H3,(H2,20,22,24). The van der Waals surface area contributed by atoms with Gasteiger partial charge in [-0.1, -0.05) is 0 Å². The van der Waals surface area contributed by atoms with Crippen molar-refractivity contribution in [2.75, 3.05) is 5.32 Å². The number of urea groups is 1. The molecule has 0 saturated carbocycles. The quantitative estimate of drug-likeness (QED) is 0.775. The molecule has 3 rings (SSSR count). The summed E-state index contributed by atoms with van der Waals surface area (Å²) in [4.78, 5) is 16.1. The Balaban J connectivity index is 1.60. The topological polar surface area (TPSA) is 71.8 Å². The first kappa shape index (κ1) is 15.7. The van der Waals surface area contributed by atoms with Crippen LogP contribution in [0, 0.1) is 5.82 Å². The van der Waals surface area contributed by atoms with Crippen LogP contribution in [0.5, 0.6) is 0 Å². The summed E-state index contributed by atoms with van der Waals surface area (Å²) < 4.78 is 14.6. The number of aryl methyl sites for hydroxylation is 1. The second-order valence-electron chi connectivity index (χ2n) is 5.30. The first-order valence-electron chi connectivity index (χ1n) is 7.33. The van der Waals surface area contributed by atoms with E-state index < -0.39 is 0 Å². The molecule has 0 aliphatic carbocycles. The van der Waals surface area contributed by atoms with Crippen molar-refractivity contribution in [2.24, 2.45) is 7.05 Å². The Labute approximate surface area is 138 Å². The zero-order valence-electron chi connectivity index (χ0n) is 13.0. The number of nitrogens with zero attached hydrogens (tertiary/aromatic N) is 3. The van der Waals surface area contributed by atoms with Gasteiger partial charge in [0.15, 0.2) is 0 Å². The number of carbonyl (C=O) groups is 1. The average Bonchev–Trinajstić information content (AvgIpc) is 3.02. The van der Waals surface area contributed by atoms with Crippen molar-refractivity contribution in [1.29, 1.82) is 0 Å². The zero-order chi connectivity index (χ0) is 16.9. The van der Waals surface area contributed by atoms with E-state index in [1.807, 2.05) is 19.3 Å². The van der Waals surface area contributed by atoms with Crippen LogP contribution in [0.2, 0.25) is 0 Å². The third kappa shape index (κ3) is 3.95. The Morgan fingerprint density at radius 1 is 1.17 bits per heavy atom. The lowest BCUT2D eigenvalue weighted by Crippen LogP contribution is -2.28. The molecule has 3 aromatic rings. The number of pyridine rings is 1. The molecule has 2 aromatic heterocycles. The molecule has 6 nitrogen and oxygen atoms in total. The van der Waals surface area contributed by atoms with Crippen molar-refractivity contribution in [3.05, 3.63) is 66.5 Å². The number of benzene rings is 1. The van der Waals surface area contributed by atoms with Crippen LogP contribution < -0.4 is 10.6 Å². The van der Waals surface area contributed by atoms with E-state index in [1.165, 1.54) is 24.3 Å². The molecule has 7 heteroatoms. The summed E-state index contributed by atoms with van der Waals surface area (Å²) in [6.07, 6.45) is 7.10. The molecule has 0 aliphatic heterocycles. The van der Waals surface area contributed by atoms with E-state index in [-0.39, 0.29) is 11.8 Å². The molecule has 0 radical (unpaired) electrons. The number of aromatic nitrogens is 3. The fraction of sp³-hybridized carbons (Fsp3) is 0.118. The number of rotatable bonds is 4. The summed E-state index contributed by atoms with van der Waals surface area (Å²) in [5.74, 6) is -0.348. The Kier molecular flexibility index (Phi) is 4.51. The predicted molar refractivity (Wildman–Crippen MR) is 88.7 cm³/mol. The molecule has 0 bridgehead atoms. The molecule has 24 heavy (non-hydrogen) atoms. The Morgan fingerprint density at radius 3 is 2.67 bits per heavy atom. The van der Waals surface area contributed by atoms with Gasteiger partial charge in [0.1, 0.15) is 5.82 Å². The van der Waals surface area contributed by atoms with Gasteiger partial charge < -0.3 is 10.6 Å². The fourth-order valence-corrected chi connectivity index (χ4v) is 2.20. The number of carbonyl (C=O) groups excluding carboxylic acids is 1. The normalized spacial score (nSPS) is 10.4. The molecule has 0 spiro atoms. The molecule has 0 saturated heterocycles. The fourth-order valence-electron chi connectivity index (χ4n) is 2.20. The molecule has 0 aliphatic rings. The second kappa shape index (κ2) is 6.91. The summed E-state index contributed by atoms with van der Waals surface area (Å²) in [5.41, 5.74) is 3.28. The largest absolute Gasteiger partial charge is 0.334 e. The lowest BCUT2D eigenvalue weighted by Gasteiger charge is -2.08. The highest BCUT2D eigenvalue weighted by Gasteiger charge is 2.05. The van der Waals surface area contributed by atoms with Crippen molar-refractivity contribution in [3.8, 4) is 11.1 Å². The maximum atomic E-state index is 12.8. The van der Waals surface area contributed by atoms with Gasteiger partial charge in [-0.25, -0.2) is 9.18 Å². The monoisotopic (exact) mass is 325 g/mol. The molecule has 0 unspecified atom stereocenters. The number of halogens is 1.